The molecule has 4 aromatic rings. The van der Waals surface area contributed by atoms with E-state index in [0.717, 1.165) is 36.5 Å². The van der Waals surface area contributed by atoms with Gasteiger partial charge in [-0.15, -0.1) is 0 Å². The molecule has 0 amide bonds. The van der Waals surface area contributed by atoms with Gasteiger partial charge in [-0.3, -0.25) is 0 Å². The number of nitrogens with one attached hydrogen (secondary N) is 1. The third-order valence-corrected chi connectivity index (χ3v) is 6.43. The number of aryl methyl sites for hydroxylation is 1. The van der Waals surface area contributed by atoms with Gasteiger partial charge in [0, 0.05) is 18.0 Å². The highest BCUT2D eigenvalue weighted by Crippen LogP contribution is 2.37. The van der Waals surface area contributed by atoms with Crippen LogP contribution in [0.15, 0.2) is 66.7 Å². The predicted octanol–water partition coefficient (Wildman–Crippen LogP) is 8.14. The summed E-state index contributed by atoms with van der Waals surface area (Å²) >= 11 is 0. The Labute approximate surface area is 229 Å². The lowest BCUT2D eigenvalue weighted by Crippen LogP contribution is -2.25. The molecular weight excluding hydrogens is 556 g/mol. The molecule has 214 valence electrons. The number of ether oxygens (including phenoxy) is 1. The molecule has 1 atom stereocenters. The van der Waals surface area contributed by atoms with E-state index in [-0.39, 0.29) is 41.1 Å². The molecule has 11 heteroatoms. The first kappa shape index (κ1) is 29.7. The summed E-state index contributed by atoms with van der Waals surface area (Å²) < 4.78 is 118. The summed E-state index contributed by atoms with van der Waals surface area (Å²) in [5, 5.41) is 7.25. The van der Waals surface area contributed by atoms with E-state index in [9.17, 15) is 35.1 Å². The maximum absolute atomic E-state index is 14.8. The van der Waals surface area contributed by atoms with Crippen LogP contribution < -0.4 is 10.5 Å². The van der Waals surface area contributed by atoms with E-state index in [1.54, 1.807) is 0 Å². The standard InChI is InChI=1S/C30H22F8N2O/c31-23-11-19(5-8-22(23)20-12-26(34)29(36)27(35)13-20)18-3-6-21(7-4-18)41-30(37,38)28-24(32)9-16(10-25(28)33)1-2-17(14-39)15-40/h3-14,17,39H,1-2,15,40H2. The van der Waals surface area contributed by atoms with Crippen LogP contribution >= 0.6 is 0 Å². The molecule has 0 spiro atoms. The molecule has 1 unspecified atom stereocenters. The van der Waals surface area contributed by atoms with Gasteiger partial charge < -0.3 is 15.9 Å². The minimum absolute atomic E-state index is 0.122. The highest BCUT2D eigenvalue weighted by molar-refractivity contribution is 5.71. The van der Waals surface area contributed by atoms with Crippen molar-refractivity contribution >= 4 is 6.21 Å². The Morgan fingerprint density at radius 1 is 0.732 bits per heavy atom. The van der Waals surface area contributed by atoms with Crippen molar-refractivity contribution in [1.29, 1.82) is 5.41 Å². The predicted molar refractivity (Wildman–Crippen MR) is 138 cm³/mol. The molecule has 0 aliphatic heterocycles. The number of halogens is 8. The number of benzene rings is 4. The number of hydrogen-bond acceptors (Lipinski definition) is 3. The maximum Gasteiger partial charge on any atom is 0.432 e. The molecule has 3 N–H and O–H groups in total. The van der Waals surface area contributed by atoms with Crippen LogP contribution in [0.3, 0.4) is 0 Å². The highest BCUT2D eigenvalue weighted by Gasteiger charge is 2.41. The first-order valence-corrected chi connectivity index (χ1v) is 12.2. The van der Waals surface area contributed by atoms with E-state index >= 15 is 0 Å². The van der Waals surface area contributed by atoms with Crippen molar-refractivity contribution in [2.24, 2.45) is 11.7 Å². The fraction of sp³-hybridized carbons (Fsp3) is 0.167. The monoisotopic (exact) mass is 578 g/mol. The van der Waals surface area contributed by atoms with Crippen molar-refractivity contribution < 1.29 is 39.9 Å². The van der Waals surface area contributed by atoms with Crippen molar-refractivity contribution in [2.45, 2.75) is 19.0 Å². The van der Waals surface area contributed by atoms with Gasteiger partial charge in [0.05, 0.1) is 0 Å². The number of nitrogens with two attached hydrogens (primary N) is 1. The Morgan fingerprint density at radius 3 is 1.83 bits per heavy atom. The van der Waals surface area contributed by atoms with Crippen LogP contribution in [0.25, 0.3) is 22.3 Å². The molecule has 0 aromatic heterocycles. The van der Waals surface area contributed by atoms with Crippen LogP contribution in [0, 0.1) is 46.2 Å². The molecule has 4 aromatic carbocycles. The third-order valence-electron chi connectivity index (χ3n) is 6.43. The van der Waals surface area contributed by atoms with Gasteiger partial charge in [-0.1, -0.05) is 24.3 Å². The Bertz CT molecular complexity index is 1530. The van der Waals surface area contributed by atoms with Crippen molar-refractivity contribution in [3.8, 4) is 28.0 Å². The SMILES string of the molecule is N=CC(CN)CCc1cc(F)c(C(F)(F)Oc2ccc(-c3ccc(-c4cc(F)c(F)c(F)c4)c(F)c3)cc2)c(F)c1. The molecule has 0 saturated carbocycles. The summed E-state index contributed by atoms with van der Waals surface area (Å²) in [5.41, 5.74) is 4.22. The zero-order chi connectivity index (χ0) is 29.9. The molecule has 0 aliphatic rings. The van der Waals surface area contributed by atoms with Gasteiger partial charge in [-0.25, -0.2) is 26.3 Å². The average Bonchev–Trinajstić information content (AvgIpc) is 2.91. The molecule has 0 heterocycles. The lowest BCUT2D eigenvalue weighted by atomic mass is 9.99. The fourth-order valence-corrected chi connectivity index (χ4v) is 4.22. The Hall–Kier alpha value is -4.25. The normalized spacial score (nSPS) is 12.3. The molecule has 3 nitrogen and oxygen atoms in total. The fourth-order valence-electron chi connectivity index (χ4n) is 4.22. The molecular formula is C30H22F8N2O. The Balaban J connectivity index is 1.51. The van der Waals surface area contributed by atoms with Crippen LogP contribution in [-0.4, -0.2) is 12.8 Å². The van der Waals surface area contributed by atoms with E-state index in [4.69, 9.17) is 11.1 Å². The third kappa shape index (κ3) is 6.57. The second-order valence-electron chi connectivity index (χ2n) is 9.23. The zero-order valence-corrected chi connectivity index (χ0v) is 21.1. The van der Waals surface area contributed by atoms with Crippen molar-refractivity contribution in [1.82, 2.24) is 0 Å². The largest absolute Gasteiger partial charge is 0.432 e. The molecule has 0 bridgehead atoms. The van der Waals surface area contributed by atoms with Crippen LogP contribution in [-0.2, 0) is 12.5 Å². The molecule has 0 fully saturated rings. The summed E-state index contributed by atoms with van der Waals surface area (Å²) in [6, 6.07) is 11.3. The van der Waals surface area contributed by atoms with Crippen LogP contribution in [0.2, 0.25) is 0 Å². The van der Waals surface area contributed by atoms with Gasteiger partial charge >= 0.3 is 6.11 Å². The molecule has 0 radical (unpaired) electrons. The summed E-state index contributed by atoms with van der Waals surface area (Å²) in [5.74, 6) is -9.28. The van der Waals surface area contributed by atoms with E-state index < -0.39 is 52.3 Å². The summed E-state index contributed by atoms with van der Waals surface area (Å²) in [6.45, 7) is 0.163. The number of hydrogen-bond donors (Lipinski definition) is 2. The highest BCUT2D eigenvalue weighted by atomic mass is 19.3. The van der Waals surface area contributed by atoms with Gasteiger partial charge in [0.2, 0.25) is 0 Å². The van der Waals surface area contributed by atoms with Crippen LogP contribution in [0.5, 0.6) is 5.75 Å². The van der Waals surface area contributed by atoms with Gasteiger partial charge in [0.25, 0.3) is 0 Å². The lowest BCUT2D eigenvalue weighted by Gasteiger charge is -2.20. The Kier molecular flexibility index (Phi) is 8.77. The molecule has 0 aliphatic carbocycles. The molecule has 4 rings (SSSR count). The smallest absolute Gasteiger partial charge is 0.429 e. The first-order valence-electron chi connectivity index (χ1n) is 12.2. The van der Waals surface area contributed by atoms with Crippen molar-refractivity contribution in [3.05, 3.63) is 113 Å². The van der Waals surface area contributed by atoms with Crippen molar-refractivity contribution in [2.75, 3.05) is 6.54 Å². The maximum atomic E-state index is 14.8. The van der Waals surface area contributed by atoms with Crippen LogP contribution in [0.4, 0.5) is 35.1 Å². The summed E-state index contributed by atoms with van der Waals surface area (Å²) in [7, 11) is 0. The summed E-state index contributed by atoms with van der Waals surface area (Å²) in [4.78, 5) is 0. The zero-order valence-electron chi connectivity index (χ0n) is 21.1. The Morgan fingerprint density at radius 2 is 1.29 bits per heavy atom. The quantitative estimate of drug-likeness (QED) is 0.113. The second kappa shape index (κ2) is 12.1. The number of rotatable bonds is 10. The van der Waals surface area contributed by atoms with E-state index in [0.29, 0.717) is 24.1 Å². The van der Waals surface area contributed by atoms with Gasteiger partial charge in [-0.05, 0) is 83.8 Å². The number of alkyl halides is 2. The first-order chi connectivity index (χ1) is 19.4. The van der Waals surface area contributed by atoms with Gasteiger partial charge in [0.15, 0.2) is 17.5 Å². The minimum atomic E-state index is -4.38. The van der Waals surface area contributed by atoms with Gasteiger partial charge in [-0.2, -0.15) is 8.78 Å². The van der Waals surface area contributed by atoms with Crippen molar-refractivity contribution in [3.63, 3.8) is 0 Å². The van der Waals surface area contributed by atoms with E-state index in [2.05, 4.69) is 4.74 Å². The minimum Gasteiger partial charge on any atom is -0.429 e. The molecule has 41 heavy (non-hydrogen) atoms. The van der Waals surface area contributed by atoms with Gasteiger partial charge in [0.1, 0.15) is 28.8 Å². The molecule has 0 saturated heterocycles. The average molecular weight is 579 g/mol. The summed E-state index contributed by atoms with van der Waals surface area (Å²) in [6.07, 6.45) is -2.83. The van der Waals surface area contributed by atoms with E-state index in [1.165, 1.54) is 24.3 Å². The van der Waals surface area contributed by atoms with Crippen LogP contribution in [0.1, 0.15) is 17.5 Å². The second-order valence-corrected chi connectivity index (χ2v) is 9.23. The lowest BCUT2D eigenvalue weighted by molar-refractivity contribution is -0.189. The van der Waals surface area contributed by atoms with E-state index in [1.807, 2.05) is 0 Å². The topological polar surface area (TPSA) is 59.1 Å².